The first-order chi connectivity index (χ1) is 10.0. The smallest absolute Gasteiger partial charge is 0.338 e. The van der Waals surface area contributed by atoms with Crippen molar-refractivity contribution in [2.45, 2.75) is 39.5 Å². The summed E-state index contributed by atoms with van der Waals surface area (Å²) in [6, 6.07) is 6.67. The molecule has 1 N–H and O–H groups in total. The van der Waals surface area contributed by atoms with Crippen LogP contribution in [0.1, 0.15) is 49.9 Å². The van der Waals surface area contributed by atoms with Gasteiger partial charge in [-0.25, -0.2) is 4.79 Å². The first-order valence-corrected chi connectivity index (χ1v) is 7.29. The molecule has 1 saturated carbocycles. The zero-order chi connectivity index (χ0) is 15.3. The molecule has 0 bridgehead atoms. The molecule has 1 aliphatic rings. The van der Waals surface area contributed by atoms with Gasteiger partial charge in [0.05, 0.1) is 12.0 Å². The maximum Gasteiger partial charge on any atom is 0.338 e. The van der Waals surface area contributed by atoms with Crippen LogP contribution in [-0.4, -0.2) is 18.5 Å². The number of rotatable bonds is 4. The van der Waals surface area contributed by atoms with Crippen LogP contribution in [0, 0.1) is 5.41 Å². The van der Waals surface area contributed by atoms with Crippen LogP contribution in [0.3, 0.4) is 0 Å². The van der Waals surface area contributed by atoms with Gasteiger partial charge in [-0.1, -0.05) is 12.8 Å². The molecule has 0 aromatic heterocycles. The zero-order valence-electron chi connectivity index (χ0n) is 12.5. The van der Waals surface area contributed by atoms with Crippen LogP contribution in [0.4, 0.5) is 0 Å². The van der Waals surface area contributed by atoms with E-state index in [1.54, 1.807) is 24.3 Å². The average molecular weight is 291 g/mol. The van der Waals surface area contributed by atoms with Crippen molar-refractivity contribution in [3.63, 3.8) is 0 Å². The van der Waals surface area contributed by atoms with Gasteiger partial charge < -0.3 is 9.57 Å². The van der Waals surface area contributed by atoms with E-state index in [-0.39, 0.29) is 5.97 Å². The average Bonchev–Trinajstić information content (AvgIpc) is 2.93. The predicted octanol–water partition coefficient (Wildman–Crippen LogP) is 2.85. The highest BCUT2D eigenvalue weighted by molar-refractivity contribution is 5.94. The topological polar surface area (TPSA) is 64.6 Å². The Bertz CT molecular complexity index is 504. The summed E-state index contributed by atoms with van der Waals surface area (Å²) in [6.45, 7) is 4.34. The van der Waals surface area contributed by atoms with Crippen molar-refractivity contribution in [3.05, 3.63) is 29.8 Å². The third-order valence-corrected chi connectivity index (χ3v) is 3.86. The second-order valence-electron chi connectivity index (χ2n) is 5.55. The van der Waals surface area contributed by atoms with E-state index in [0.29, 0.717) is 17.9 Å². The van der Waals surface area contributed by atoms with Crippen molar-refractivity contribution >= 4 is 11.9 Å². The van der Waals surface area contributed by atoms with Crippen LogP contribution >= 0.6 is 0 Å². The van der Waals surface area contributed by atoms with Gasteiger partial charge in [-0.2, -0.15) is 5.48 Å². The summed E-state index contributed by atoms with van der Waals surface area (Å²) >= 11 is 0. The number of amides is 1. The molecular weight excluding hydrogens is 270 g/mol. The number of ether oxygens (including phenoxy) is 1. The molecule has 0 radical (unpaired) electrons. The molecule has 1 aromatic rings. The Labute approximate surface area is 124 Å². The van der Waals surface area contributed by atoms with Gasteiger partial charge >= 0.3 is 5.97 Å². The lowest BCUT2D eigenvalue weighted by molar-refractivity contribution is -0.160. The zero-order valence-corrected chi connectivity index (χ0v) is 12.5. The van der Waals surface area contributed by atoms with Gasteiger partial charge in [0, 0.05) is 5.56 Å². The maximum atomic E-state index is 12.0. The lowest BCUT2D eigenvalue weighted by Gasteiger charge is -2.20. The molecule has 5 heteroatoms. The largest absolute Gasteiger partial charge is 0.494 e. The molecule has 0 saturated heterocycles. The van der Waals surface area contributed by atoms with Crippen LogP contribution in [0.15, 0.2) is 24.3 Å². The molecule has 0 atom stereocenters. The fraction of sp³-hybridized carbons (Fsp3) is 0.500. The van der Waals surface area contributed by atoms with E-state index in [1.807, 2.05) is 13.8 Å². The third kappa shape index (κ3) is 3.74. The molecule has 0 aliphatic heterocycles. The summed E-state index contributed by atoms with van der Waals surface area (Å²) in [5, 5.41) is 0. The Morgan fingerprint density at radius 1 is 1.19 bits per heavy atom. The number of benzene rings is 1. The summed E-state index contributed by atoms with van der Waals surface area (Å²) in [5.41, 5.74) is 2.18. The normalized spacial score (nSPS) is 16.3. The summed E-state index contributed by atoms with van der Waals surface area (Å²) in [5.74, 6) is -0.100. The fourth-order valence-electron chi connectivity index (χ4n) is 2.50. The van der Waals surface area contributed by atoms with Crippen molar-refractivity contribution in [3.8, 4) is 5.75 Å². The van der Waals surface area contributed by atoms with Gasteiger partial charge in [0.15, 0.2) is 0 Å². The fourth-order valence-corrected chi connectivity index (χ4v) is 2.50. The third-order valence-electron chi connectivity index (χ3n) is 3.86. The predicted molar refractivity (Wildman–Crippen MR) is 77.7 cm³/mol. The Hall–Kier alpha value is -2.04. The van der Waals surface area contributed by atoms with Crippen LogP contribution in [0.5, 0.6) is 5.75 Å². The Balaban J connectivity index is 1.88. The van der Waals surface area contributed by atoms with Crippen molar-refractivity contribution in [2.24, 2.45) is 5.41 Å². The molecule has 1 aromatic carbocycles. The SMILES string of the molecule is CCOc1ccc(C(=O)NOC(=O)C2(C)CCCC2)cc1. The van der Waals surface area contributed by atoms with E-state index < -0.39 is 11.3 Å². The van der Waals surface area contributed by atoms with Gasteiger partial charge in [-0.15, -0.1) is 0 Å². The second-order valence-corrected chi connectivity index (χ2v) is 5.55. The van der Waals surface area contributed by atoms with Gasteiger partial charge in [0.25, 0.3) is 5.91 Å². The minimum Gasteiger partial charge on any atom is -0.494 e. The van der Waals surface area contributed by atoms with Crippen molar-refractivity contribution in [1.82, 2.24) is 5.48 Å². The van der Waals surface area contributed by atoms with Crippen LogP contribution in [0.25, 0.3) is 0 Å². The number of hydrogen-bond acceptors (Lipinski definition) is 4. The van der Waals surface area contributed by atoms with Crippen molar-refractivity contribution in [1.29, 1.82) is 0 Å². The summed E-state index contributed by atoms with van der Waals surface area (Å²) in [7, 11) is 0. The Kier molecular flexibility index (Phi) is 4.83. The quantitative estimate of drug-likeness (QED) is 0.866. The van der Waals surface area contributed by atoms with E-state index >= 15 is 0 Å². The molecule has 0 heterocycles. The number of nitrogens with one attached hydrogen (secondary N) is 1. The minimum atomic E-state index is -0.466. The highest BCUT2D eigenvalue weighted by atomic mass is 16.7. The van der Waals surface area contributed by atoms with Crippen LogP contribution in [0.2, 0.25) is 0 Å². The number of hydroxylamine groups is 1. The van der Waals surface area contributed by atoms with E-state index in [2.05, 4.69) is 5.48 Å². The number of hydrogen-bond donors (Lipinski definition) is 1. The molecule has 114 valence electrons. The second kappa shape index (κ2) is 6.61. The van der Waals surface area contributed by atoms with Gasteiger partial charge in [-0.3, -0.25) is 4.79 Å². The van der Waals surface area contributed by atoms with Gasteiger partial charge in [0.2, 0.25) is 0 Å². The summed E-state index contributed by atoms with van der Waals surface area (Å²) in [6.07, 6.45) is 3.67. The molecular formula is C16H21NO4. The summed E-state index contributed by atoms with van der Waals surface area (Å²) < 4.78 is 5.30. The molecule has 0 spiro atoms. The molecule has 21 heavy (non-hydrogen) atoms. The summed E-state index contributed by atoms with van der Waals surface area (Å²) in [4.78, 5) is 28.8. The number of carbonyl (C=O) groups excluding carboxylic acids is 2. The molecule has 0 unspecified atom stereocenters. The first kappa shape index (κ1) is 15.4. The standard InChI is InChI=1S/C16H21NO4/c1-3-20-13-8-6-12(7-9-13)14(18)17-21-15(19)16(2)10-4-5-11-16/h6-9H,3-5,10-11H2,1-2H3,(H,17,18). The molecule has 5 nitrogen and oxygen atoms in total. The molecule has 2 rings (SSSR count). The Morgan fingerprint density at radius 3 is 2.38 bits per heavy atom. The highest BCUT2D eigenvalue weighted by Gasteiger charge is 2.38. The first-order valence-electron chi connectivity index (χ1n) is 7.29. The Morgan fingerprint density at radius 2 is 1.81 bits per heavy atom. The van der Waals surface area contributed by atoms with Crippen molar-refractivity contribution < 1.29 is 19.2 Å². The van der Waals surface area contributed by atoms with Gasteiger partial charge in [-0.05, 0) is 51.0 Å². The van der Waals surface area contributed by atoms with E-state index in [0.717, 1.165) is 25.7 Å². The maximum absolute atomic E-state index is 12.0. The van der Waals surface area contributed by atoms with Crippen LogP contribution < -0.4 is 10.2 Å². The highest BCUT2D eigenvalue weighted by Crippen LogP contribution is 2.38. The lowest BCUT2D eigenvalue weighted by atomic mass is 9.89. The molecule has 1 amide bonds. The molecule has 1 aliphatic carbocycles. The van der Waals surface area contributed by atoms with E-state index in [1.165, 1.54) is 0 Å². The molecule has 1 fully saturated rings. The lowest BCUT2D eigenvalue weighted by Crippen LogP contribution is -2.34. The van der Waals surface area contributed by atoms with E-state index in [4.69, 9.17) is 9.57 Å². The van der Waals surface area contributed by atoms with E-state index in [9.17, 15) is 9.59 Å². The van der Waals surface area contributed by atoms with Crippen molar-refractivity contribution in [2.75, 3.05) is 6.61 Å². The number of carbonyl (C=O) groups is 2. The van der Waals surface area contributed by atoms with Gasteiger partial charge in [0.1, 0.15) is 5.75 Å². The minimum absolute atomic E-state index is 0.362. The van der Waals surface area contributed by atoms with Crippen LogP contribution in [-0.2, 0) is 9.63 Å². The monoisotopic (exact) mass is 291 g/mol.